The minimum atomic E-state index is -1.22. The third kappa shape index (κ3) is 7.56. The Bertz CT molecular complexity index is 1010. The summed E-state index contributed by atoms with van der Waals surface area (Å²) < 4.78 is 4.92. The van der Waals surface area contributed by atoms with Gasteiger partial charge in [-0.05, 0) is 49.7 Å². The molecule has 0 fully saturated rings. The molecule has 0 bridgehead atoms. The van der Waals surface area contributed by atoms with Crippen LogP contribution in [0.5, 0.6) is 0 Å². The molecular formula is C21H24ClN5O5. The first kappa shape index (κ1) is 24.6. The van der Waals surface area contributed by atoms with Crippen LogP contribution in [0.25, 0.3) is 0 Å². The summed E-state index contributed by atoms with van der Waals surface area (Å²) in [5.74, 6) is 3.52. The Labute approximate surface area is 189 Å². The normalized spacial score (nSPS) is 11.8. The summed E-state index contributed by atoms with van der Waals surface area (Å²) >= 11 is 6.28. The zero-order chi connectivity index (χ0) is 23.7. The number of ether oxygens (including phenoxy) is 1. The van der Waals surface area contributed by atoms with Crippen LogP contribution in [-0.2, 0) is 16.0 Å². The van der Waals surface area contributed by atoms with Gasteiger partial charge in [0, 0.05) is 12.0 Å². The van der Waals surface area contributed by atoms with E-state index in [4.69, 9.17) is 22.2 Å². The number of nitrogens with two attached hydrogens (primary N) is 1. The number of anilines is 1. The van der Waals surface area contributed by atoms with Crippen molar-refractivity contribution < 1.29 is 24.2 Å². The lowest BCUT2D eigenvalue weighted by atomic mass is 10.1. The third-order valence-electron chi connectivity index (χ3n) is 4.05. The third-order valence-corrected chi connectivity index (χ3v) is 4.36. The first-order chi connectivity index (χ1) is 15.2. The molecule has 0 saturated heterocycles. The second-order valence-electron chi connectivity index (χ2n) is 6.94. The molecule has 170 valence electrons. The van der Waals surface area contributed by atoms with Crippen molar-refractivity contribution in [2.75, 3.05) is 5.32 Å². The summed E-state index contributed by atoms with van der Waals surface area (Å²) in [5, 5.41) is 14.6. The Hall–Kier alpha value is -3.63. The molecule has 0 aromatic heterocycles. The summed E-state index contributed by atoms with van der Waals surface area (Å²) in [6.07, 6.45) is 0.0582. The van der Waals surface area contributed by atoms with Crippen LogP contribution in [0.3, 0.4) is 0 Å². The molecule has 2 rings (SSSR count). The number of nitrogens with zero attached hydrogens (tertiary/aromatic N) is 1. The second-order valence-corrected chi connectivity index (χ2v) is 7.34. The summed E-state index contributed by atoms with van der Waals surface area (Å²) in [5.41, 5.74) is 4.06. The van der Waals surface area contributed by atoms with Crippen LogP contribution >= 0.6 is 11.6 Å². The highest BCUT2D eigenvalue weighted by atomic mass is 35.5. The Balaban J connectivity index is 2.09. The first-order valence-corrected chi connectivity index (χ1v) is 9.96. The maximum atomic E-state index is 12.6. The van der Waals surface area contributed by atoms with Crippen LogP contribution in [0.15, 0.2) is 47.5 Å². The van der Waals surface area contributed by atoms with Crippen LogP contribution in [0.1, 0.15) is 29.8 Å². The van der Waals surface area contributed by atoms with Gasteiger partial charge in [0.15, 0.2) is 0 Å². The lowest BCUT2D eigenvalue weighted by molar-refractivity contribution is -0.139. The van der Waals surface area contributed by atoms with E-state index in [9.17, 15) is 19.5 Å². The molecule has 0 aliphatic carbocycles. The molecule has 2 amide bonds. The number of hydrazine groups is 1. The maximum absolute atomic E-state index is 12.6. The van der Waals surface area contributed by atoms with E-state index in [1.165, 1.54) is 12.4 Å². The first-order valence-electron chi connectivity index (χ1n) is 9.58. The van der Waals surface area contributed by atoms with Crippen LogP contribution in [0, 0.1) is 0 Å². The van der Waals surface area contributed by atoms with Gasteiger partial charge in [-0.25, -0.2) is 20.4 Å². The maximum Gasteiger partial charge on any atom is 0.408 e. The standard InChI is InChI=1S/C21H24ClN5O5/c1-12(2)32-21(31)27-18(20(29)30)9-13-6-7-17(16(22)8-13)26-19(28)14-4-3-5-15(10-14)24-11-25-23/h3-8,10-12,18H,9,23H2,1-2H3,(H,24,25)(H,26,28)(H,27,31)(H,29,30). The van der Waals surface area contributed by atoms with Crippen molar-refractivity contribution in [3.05, 3.63) is 58.6 Å². The highest BCUT2D eigenvalue weighted by Gasteiger charge is 2.22. The summed E-state index contributed by atoms with van der Waals surface area (Å²) in [6.45, 7) is 3.31. The zero-order valence-corrected chi connectivity index (χ0v) is 18.2. The molecule has 2 aromatic rings. The number of carboxylic acids is 1. The van der Waals surface area contributed by atoms with Crippen molar-refractivity contribution in [3.63, 3.8) is 0 Å². The molecule has 32 heavy (non-hydrogen) atoms. The fraction of sp³-hybridized carbons (Fsp3) is 0.238. The predicted octanol–water partition coefficient (Wildman–Crippen LogP) is 2.85. The number of carbonyl (C=O) groups is 3. The number of hydrogen-bond donors (Lipinski definition) is 5. The van der Waals surface area contributed by atoms with E-state index in [-0.39, 0.29) is 17.5 Å². The highest BCUT2D eigenvalue weighted by molar-refractivity contribution is 6.34. The van der Waals surface area contributed by atoms with Crippen LogP contribution < -0.4 is 21.9 Å². The second kappa shape index (κ2) is 11.7. The number of halogens is 1. The van der Waals surface area contributed by atoms with Gasteiger partial charge in [-0.15, -0.1) is 0 Å². The molecule has 10 nitrogen and oxygen atoms in total. The number of benzene rings is 2. The van der Waals surface area contributed by atoms with Crippen LogP contribution in [0.2, 0.25) is 5.02 Å². The van der Waals surface area contributed by atoms with Gasteiger partial charge >= 0.3 is 12.1 Å². The Kier molecular flexibility index (Phi) is 8.99. The predicted molar refractivity (Wildman–Crippen MR) is 121 cm³/mol. The summed E-state index contributed by atoms with van der Waals surface area (Å²) in [4.78, 5) is 39.8. The van der Waals surface area contributed by atoms with Gasteiger partial charge in [0.1, 0.15) is 12.4 Å². The van der Waals surface area contributed by atoms with E-state index in [0.717, 1.165) is 0 Å². The van der Waals surface area contributed by atoms with Gasteiger partial charge in [0.05, 0.1) is 22.5 Å². The average Bonchev–Trinajstić information content (AvgIpc) is 2.73. The van der Waals surface area contributed by atoms with Gasteiger partial charge in [0.2, 0.25) is 0 Å². The molecule has 0 saturated carbocycles. The van der Waals surface area contributed by atoms with E-state index < -0.39 is 24.0 Å². The number of aliphatic imine (C=N–C) groups is 1. The Morgan fingerprint density at radius 2 is 1.97 bits per heavy atom. The van der Waals surface area contributed by atoms with Crippen molar-refractivity contribution in [1.29, 1.82) is 0 Å². The fourth-order valence-corrected chi connectivity index (χ4v) is 2.90. The molecule has 0 radical (unpaired) electrons. The largest absolute Gasteiger partial charge is 0.480 e. The van der Waals surface area contributed by atoms with Gasteiger partial charge in [0.25, 0.3) is 5.91 Å². The van der Waals surface area contributed by atoms with Crippen LogP contribution in [0.4, 0.5) is 16.2 Å². The average molecular weight is 462 g/mol. The number of carbonyl (C=O) groups excluding carboxylic acids is 2. The minimum absolute atomic E-state index is 0.0221. The van der Waals surface area contributed by atoms with Gasteiger partial charge in [-0.2, -0.15) is 0 Å². The van der Waals surface area contributed by atoms with Crippen molar-refractivity contribution >= 4 is 47.3 Å². The molecule has 0 aliphatic rings. The molecular weight excluding hydrogens is 438 g/mol. The van der Waals surface area contributed by atoms with Crippen molar-refractivity contribution in [3.8, 4) is 0 Å². The SMILES string of the molecule is CC(C)OC(=O)NC(Cc1ccc(NC(=O)c2cccc(N=CNN)c2)c(Cl)c1)C(=O)O. The fourth-order valence-electron chi connectivity index (χ4n) is 2.65. The zero-order valence-electron chi connectivity index (χ0n) is 17.5. The molecule has 1 unspecified atom stereocenters. The molecule has 11 heteroatoms. The lowest BCUT2D eigenvalue weighted by Gasteiger charge is -2.16. The number of alkyl carbamates (subject to hydrolysis) is 1. The summed E-state index contributed by atoms with van der Waals surface area (Å²) in [7, 11) is 0. The summed E-state index contributed by atoms with van der Waals surface area (Å²) in [6, 6.07) is 10.1. The number of amides is 2. The minimum Gasteiger partial charge on any atom is -0.480 e. The van der Waals surface area contributed by atoms with Crippen molar-refractivity contribution in [1.82, 2.24) is 10.7 Å². The number of carboxylic acid groups (broad SMARTS) is 1. The van der Waals surface area contributed by atoms with Crippen molar-refractivity contribution in [2.45, 2.75) is 32.4 Å². The number of aliphatic carboxylic acids is 1. The van der Waals surface area contributed by atoms with Gasteiger partial charge in [-0.3, -0.25) is 4.79 Å². The number of nitrogens with one attached hydrogen (secondary N) is 3. The van der Waals surface area contributed by atoms with E-state index in [1.807, 2.05) is 0 Å². The smallest absolute Gasteiger partial charge is 0.408 e. The Morgan fingerprint density at radius 3 is 2.59 bits per heavy atom. The molecule has 2 aromatic carbocycles. The monoisotopic (exact) mass is 461 g/mol. The van der Waals surface area contributed by atoms with E-state index in [2.05, 4.69) is 21.1 Å². The molecule has 0 heterocycles. The number of rotatable bonds is 9. The van der Waals surface area contributed by atoms with Crippen molar-refractivity contribution in [2.24, 2.45) is 10.8 Å². The molecule has 0 spiro atoms. The van der Waals surface area contributed by atoms with E-state index in [0.29, 0.717) is 22.5 Å². The lowest BCUT2D eigenvalue weighted by Crippen LogP contribution is -2.43. The van der Waals surface area contributed by atoms with Gasteiger partial charge in [-0.1, -0.05) is 23.7 Å². The topological polar surface area (TPSA) is 155 Å². The van der Waals surface area contributed by atoms with Crippen LogP contribution in [-0.4, -0.2) is 41.6 Å². The Morgan fingerprint density at radius 1 is 1.22 bits per heavy atom. The molecule has 1 atom stereocenters. The highest BCUT2D eigenvalue weighted by Crippen LogP contribution is 2.25. The molecule has 0 aliphatic heterocycles. The molecule has 6 N–H and O–H groups in total. The van der Waals surface area contributed by atoms with Gasteiger partial charge < -0.3 is 25.9 Å². The quantitative estimate of drug-likeness (QED) is 0.166. The number of hydrogen-bond acceptors (Lipinski definition) is 6. The van der Waals surface area contributed by atoms with E-state index >= 15 is 0 Å². The van der Waals surface area contributed by atoms with E-state index in [1.54, 1.807) is 50.2 Å².